The fourth-order valence-corrected chi connectivity index (χ4v) is 2.26. The maximum atomic E-state index is 9.94. The molecule has 130 valence electrons. The van der Waals surface area contributed by atoms with Gasteiger partial charge in [0.05, 0.1) is 26.4 Å². The predicted octanol–water partition coefficient (Wildman–Crippen LogP) is 3.57. The number of hydrogen-bond acceptors (Lipinski definition) is 4. The fraction of sp³-hybridized carbons (Fsp3) is 0.400. The van der Waals surface area contributed by atoms with Gasteiger partial charge in [-0.3, -0.25) is 0 Å². The van der Waals surface area contributed by atoms with Crippen molar-refractivity contribution in [1.29, 1.82) is 0 Å². The minimum atomic E-state index is -0.392. The molecule has 0 saturated carbocycles. The van der Waals surface area contributed by atoms with Crippen LogP contribution in [0.4, 0.5) is 0 Å². The molecule has 4 nitrogen and oxygen atoms in total. The lowest BCUT2D eigenvalue weighted by Gasteiger charge is -2.11. The number of methoxy groups -OCH3 is 1. The Bertz CT molecular complexity index is 554. The first kappa shape index (κ1) is 18.5. The lowest BCUT2D eigenvalue weighted by molar-refractivity contribution is 0.0429. The van der Waals surface area contributed by atoms with Gasteiger partial charge >= 0.3 is 0 Å². The molecule has 0 saturated heterocycles. The van der Waals surface area contributed by atoms with Crippen molar-refractivity contribution in [2.75, 3.05) is 20.3 Å². The number of rotatable bonds is 11. The molecule has 2 rings (SSSR count). The van der Waals surface area contributed by atoms with Gasteiger partial charge in [0.1, 0.15) is 5.75 Å². The van der Waals surface area contributed by atoms with Crippen LogP contribution in [0.5, 0.6) is 5.75 Å². The first-order valence-electron chi connectivity index (χ1n) is 8.28. The zero-order valence-corrected chi connectivity index (χ0v) is 14.2. The van der Waals surface area contributed by atoms with Gasteiger partial charge in [0.15, 0.2) is 0 Å². The average Bonchev–Trinajstić information content (AvgIpc) is 2.64. The van der Waals surface area contributed by atoms with E-state index >= 15 is 0 Å². The second-order valence-corrected chi connectivity index (χ2v) is 5.67. The van der Waals surface area contributed by atoms with E-state index in [1.54, 1.807) is 7.11 Å². The summed E-state index contributed by atoms with van der Waals surface area (Å²) in [4.78, 5) is 0. The smallest absolute Gasteiger partial charge is 0.118 e. The zero-order valence-electron chi connectivity index (χ0n) is 14.2. The maximum absolute atomic E-state index is 9.94. The zero-order chi connectivity index (χ0) is 17.0. The van der Waals surface area contributed by atoms with Crippen molar-refractivity contribution in [3.63, 3.8) is 0 Å². The quantitative estimate of drug-likeness (QED) is 0.640. The fourth-order valence-electron chi connectivity index (χ4n) is 2.26. The van der Waals surface area contributed by atoms with E-state index in [-0.39, 0.29) is 0 Å². The maximum Gasteiger partial charge on any atom is 0.118 e. The second-order valence-electron chi connectivity index (χ2n) is 5.67. The van der Waals surface area contributed by atoms with Crippen LogP contribution in [0.25, 0.3) is 0 Å². The summed E-state index contributed by atoms with van der Waals surface area (Å²) in [5.41, 5.74) is 2.24. The van der Waals surface area contributed by atoms with Crippen LogP contribution in [0.2, 0.25) is 0 Å². The third kappa shape index (κ3) is 7.13. The largest absolute Gasteiger partial charge is 0.497 e. The highest BCUT2D eigenvalue weighted by Gasteiger charge is 2.04. The molecular formula is C20H26O4. The third-order valence-electron chi connectivity index (χ3n) is 3.73. The highest BCUT2D eigenvalue weighted by molar-refractivity contribution is 5.26. The lowest BCUT2D eigenvalue weighted by atomic mass is 10.2. The van der Waals surface area contributed by atoms with Crippen LogP contribution < -0.4 is 4.74 Å². The Balaban J connectivity index is 1.50. The molecule has 0 spiro atoms. The van der Waals surface area contributed by atoms with Crippen molar-refractivity contribution in [2.45, 2.75) is 32.2 Å². The minimum absolute atomic E-state index is 0.392. The van der Waals surface area contributed by atoms with Crippen LogP contribution in [0.1, 0.15) is 24.0 Å². The van der Waals surface area contributed by atoms with Gasteiger partial charge in [0.25, 0.3) is 0 Å². The Kier molecular flexibility index (Phi) is 8.32. The summed E-state index contributed by atoms with van der Waals surface area (Å²) in [6.07, 6.45) is 0.848. The highest BCUT2D eigenvalue weighted by Crippen LogP contribution is 2.12. The van der Waals surface area contributed by atoms with Crippen LogP contribution in [-0.4, -0.2) is 31.5 Å². The molecule has 24 heavy (non-hydrogen) atoms. The van der Waals surface area contributed by atoms with Crippen molar-refractivity contribution >= 4 is 0 Å². The summed E-state index contributed by atoms with van der Waals surface area (Å²) >= 11 is 0. The molecular weight excluding hydrogens is 304 g/mol. The van der Waals surface area contributed by atoms with Crippen molar-refractivity contribution in [3.8, 4) is 5.75 Å². The molecule has 0 radical (unpaired) electrons. The molecule has 0 aromatic heterocycles. The normalized spacial score (nSPS) is 12.1. The van der Waals surface area contributed by atoms with E-state index in [9.17, 15) is 5.11 Å². The Labute approximate surface area is 144 Å². The molecule has 1 atom stereocenters. The summed E-state index contributed by atoms with van der Waals surface area (Å²) < 4.78 is 16.3. The van der Waals surface area contributed by atoms with E-state index in [4.69, 9.17) is 14.2 Å². The molecule has 2 aromatic rings. The number of ether oxygens (including phenoxy) is 3. The van der Waals surface area contributed by atoms with Crippen LogP contribution in [0.3, 0.4) is 0 Å². The Morgan fingerprint density at radius 2 is 1.33 bits per heavy atom. The van der Waals surface area contributed by atoms with Gasteiger partial charge in [0.2, 0.25) is 0 Å². The van der Waals surface area contributed by atoms with Gasteiger partial charge in [-0.2, -0.15) is 0 Å². The molecule has 1 N–H and O–H groups in total. The average molecular weight is 330 g/mol. The molecule has 0 aliphatic rings. The second kappa shape index (κ2) is 10.8. The van der Waals surface area contributed by atoms with E-state index < -0.39 is 6.10 Å². The number of aliphatic hydroxyl groups excluding tert-OH is 1. The van der Waals surface area contributed by atoms with Crippen LogP contribution in [0.15, 0.2) is 54.6 Å². The summed E-state index contributed by atoms with van der Waals surface area (Å²) in [6, 6.07) is 17.8. The Morgan fingerprint density at radius 1 is 0.792 bits per heavy atom. The van der Waals surface area contributed by atoms with Crippen molar-refractivity contribution in [1.82, 2.24) is 0 Å². The van der Waals surface area contributed by atoms with Crippen LogP contribution in [-0.2, 0) is 22.7 Å². The van der Waals surface area contributed by atoms with Gasteiger partial charge < -0.3 is 19.3 Å². The standard InChI is InChI=1S/C20H26O4/c1-22-20-9-7-18(8-10-20)16-24-14-12-19(21)11-13-23-15-17-5-3-2-4-6-17/h2-10,19,21H,11-16H2,1H3. The number of aliphatic hydroxyl groups is 1. The topological polar surface area (TPSA) is 47.9 Å². The molecule has 4 heteroatoms. The molecule has 0 heterocycles. The Hall–Kier alpha value is -1.88. The monoisotopic (exact) mass is 330 g/mol. The van der Waals surface area contributed by atoms with Crippen molar-refractivity contribution in [3.05, 3.63) is 65.7 Å². The van der Waals surface area contributed by atoms with E-state index in [0.717, 1.165) is 16.9 Å². The van der Waals surface area contributed by atoms with Crippen molar-refractivity contribution in [2.24, 2.45) is 0 Å². The van der Waals surface area contributed by atoms with E-state index in [1.807, 2.05) is 54.6 Å². The summed E-state index contributed by atoms with van der Waals surface area (Å²) in [7, 11) is 1.65. The van der Waals surface area contributed by atoms with Crippen LogP contribution >= 0.6 is 0 Å². The van der Waals surface area contributed by atoms with Gasteiger partial charge in [-0.25, -0.2) is 0 Å². The van der Waals surface area contributed by atoms with E-state index in [2.05, 4.69) is 0 Å². The first-order valence-corrected chi connectivity index (χ1v) is 8.28. The molecule has 0 aliphatic carbocycles. The van der Waals surface area contributed by atoms with E-state index in [1.165, 1.54) is 0 Å². The van der Waals surface area contributed by atoms with Gasteiger partial charge in [-0.05, 0) is 36.1 Å². The third-order valence-corrected chi connectivity index (χ3v) is 3.73. The lowest BCUT2D eigenvalue weighted by Crippen LogP contribution is -2.13. The molecule has 2 aromatic carbocycles. The summed E-state index contributed by atoms with van der Waals surface area (Å²) in [5, 5.41) is 9.94. The highest BCUT2D eigenvalue weighted by atomic mass is 16.5. The molecule has 0 bridgehead atoms. The van der Waals surface area contributed by atoms with Gasteiger partial charge in [0, 0.05) is 13.2 Å². The number of hydrogen-bond donors (Lipinski definition) is 1. The number of benzene rings is 2. The minimum Gasteiger partial charge on any atom is -0.497 e. The van der Waals surface area contributed by atoms with Gasteiger partial charge in [-0.1, -0.05) is 42.5 Å². The summed E-state index contributed by atoms with van der Waals surface area (Å²) in [5.74, 6) is 0.838. The van der Waals surface area contributed by atoms with Gasteiger partial charge in [-0.15, -0.1) is 0 Å². The molecule has 1 unspecified atom stereocenters. The Morgan fingerprint density at radius 3 is 1.88 bits per heavy atom. The van der Waals surface area contributed by atoms with Crippen LogP contribution in [0, 0.1) is 0 Å². The SMILES string of the molecule is COc1ccc(COCCC(O)CCOCc2ccccc2)cc1. The molecule has 0 fully saturated rings. The molecule has 0 aliphatic heterocycles. The summed E-state index contributed by atoms with van der Waals surface area (Å²) in [6.45, 7) is 2.21. The first-order chi connectivity index (χ1) is 11.8. The van der Waals surface area contributed by atoms with E-state index in [0.29, 0.717) is 39.3 Å². The molecule has 0 amide bonds. The van der Waals surface area contributed by atoms with Crippen molar-refractivity contribution < 1.29 is 19.3 Å². The predicted molar refractivity (Wildman–Crippen MR) is 94.0 cm³/mol.